The van der Waals surface area contributed by atoms with Crippen molar-refractivity contribution in [2.75, 3.05) is 0 Å². The lowest BCUT2D eigenvalue weighted by Gasteiger charge is -2.19. The number of hydrogen-bond donors (Lipinski definition) is 0. The van der Waals surface area contributed by atoms with Crippen molar-refractivity contribution in [2.45, 2.75) is 32.4 Å². The Kier molecular flexibility index (Phi) is 3.43. The summed E-state index contributed by atoms with van der Waals surface area (Å²) in [4.78, 5) is 3.67. The minimum absolute atomic E-state index is 0.0415. The third-order valence-corrected chi connectivity index (χ3v) is 3.66. The number of halogens is 3. The molecule has 0 N–H and O–H groups in total. The van der Waals surface area contributed by atoms with Gasteiger partial charge >= 0.3 is 6.18 Å². The van der Waals surface area contributed by atoms with Gasteiger partial charge in [0.2, 0.25) is 0 Å². The minimum Gasteiger partial charge on any atom is -0.232 e. The van der Waals surface area contributed by atoms with Crippen molar-refractivity contribution >= 4 is 11.3 Å². The van der Waals surface area contributed by atoms with Crippen LogP contribution in [0.5, 0.6) is 0 Å². The fourth-order valence-electron chi connectivity index (χ4n) is 1.66. The molecule has 2 rings (SSSR count). The zero-order valence-electron chi connectivity index (χ0n) is 10.9. The zero-order chi connectivity index (χ0) is 14.3. The average molecular weight is 285 g/mol. The van der Waals surface area contributed by atoms with Crippen LogP contribution >= 0.6 is 11.3 Å². The van der Waals surface area contributed by atoms with E-state index in [-0.39, 0.29) is 5.41 Å². The molecule has 0 saturated carbocycles. The Balaban J connectivity index is 2.40. The standard InChI is InChI=1S/C14H14F3NS/c1-13(2,3)10-6-4-5-9(7-10)12-18-11(8-19-12)14(15,16)17/h4-8H,1-3H3. The highest BCUT2D eigenvalue weighted by molar-refractivity contribution is 7.13. The van der Waals surface area contributed by atoms with Gasteiger partial charge in [-0.15, -0.1) is 11.3 Å². The van der Waals surface area contributed by atoms with Gasteiger partial charge in [0.1, 0.15) is 5.01 Å². The molecule has 1 nitrogen and oxygen atoms in total. The molecule has 0 spiro atoms. The van der Waals surface area contributed by atoms with E-state index in [0.29, 0.717) is 5.01 Å². The van der Waals surface area contributed by atoms with Crippen molar-refractivity contribution in [3.05, 3.63) is 40.9 Å². The number of benzene rings is 1. The van der Waals surface area contributed by atoms with Gasteiger partial charge < -0.3 is 0 Å². The Morgan fingerprint density at radius 2 is 1.79 bits per heavy atom. The SMILES string of the molecule is CC(C)(C)c1cccc(-c2nc(C(F)(F)F)cs2)c1. The first kappa shape index (κ1) is 14.1. The maximum absolute atomic E-state index is 12.5. The number of alkyl halides is 3. The smallest absolute Gasteiger partial charge is 0.232 e. The molecule has 102 valence electrons. The van der Waals surface area contributed by atoms with Crippen molar-refractivity contribution in [3.63, 3.8) is 0 Å². The number of thiazole rings is 1. The van der Waals surface area contributed by atoms with Gasteiger partial charge in [0.05, 0.1) is 0 Å². The van der Waals surface area contributed by atoms with E-state index in [4.69, 9.17) is 0 Å². The lowest BCUT2D eigenvalue weighted by molar-refractivity contribution is -0.140. The lowest BCUT2D eigenvalue weighted by atomic mass is 9.86. The predicted octanol–water partition coefficient (Wildman–Crippen LogP) is 5.13. The van der Waals surface area contributed by atoms with E-state index in [2.05, 4.69) is 25.8 Å². The molecule has 1 aromatic heterocycles. The number of aromatic nitrogens is 1. The first-order valence-corrected chi connectivity index (χ1v) is 6.69. The summed E-state index contributed by atoms with van der Waals surface area (Å²) in [5.74, 6) is 0. The second-order valence-corrected chi connectivity index (χ2v) is 6.22. The topological polar surface area (TPSA) is 12.9 Å². The molecule has 0 bridgehead atoms. The molecule has 0 atom stereocenters. The molecule has 5 heteroatoms. The Hall–Kier alpha value is -1.36. The van der Waals surface area contributed by atoms with Gasteiger partial charge in [-0.25, -0.2) is 4.98 Å². The van der Waals surface area contributed by atoms with Crippen LogP contribution in [0.4, 0.5) is 13.2 Å². The molecule has 0 aliphatic rings. The Morgan fingerprint density at radius 3 is 2.32 bits per heavy atom. The molecule has 0 aliphatic carbocycles. The van der Waals surface area contributed by atoms with Gasteiger partial charge in [-0.1, -0.05) is 39.0 Å². The van der Waals surface area contributed by atoms with E-state index < -0.39 is 11.9 Å². The fraction of sp³-hybridized carbons (Fsp3) is 0.357. The molecule has 0 radical (unpaired) electrons. The number of rotatable bonds is 1. The quantitative estimate of drug-likeness (QED) is 0.708. The summed E-state index contributed by atoms with van der Waals surface area (Å²) in [6.45, 7) is 6.19. The van der Waals surface area contributed by atoms with Gasteiger partial charge in [-0.3, -0.25) is 0 Å². The van der Waals surface area contributed by atoms with Crippen molar-refractivity contribution in [3.8, 4) is 10.6 Å². The molecular formula is C14H14F3NS. The maximum atomic E-state index is 12.5. The van der Waals surface area contributed by atoms with Crippen LogP contribution in [0.15, 0.2) is 29.6 Å². The normalized spacial score (nSPS) is 12.7. The molecule has 1 aromatic carbocycles. The molecule has 0 unspecified atom stereocenters. The summed E-state index contributed by atoms with van der Waals surface area (Å²) in [5, 5.41) is 1.46. The third-order valence-electron chi connectivity index (χ3n) is 2.77. The average Bonchev–Trinajstić information content (AvgIpc) is 2.77. The highest BCUT2D eigenvalue weighted by Gasteiger charge is 2.33. The third kappa shape index (κ3) is 3.15. The van der Waals surface area contributed by atoms with Crippen molar-refractivity contribution < 1.29 is 13.2 Å². The van der Waals surface area contributed by atoms with Crippen LogP contribution in [0.3, 0.4) is 0 Å². The van der Waals surface area contributed by atoms with Crippen LogP contribution in [-0.2, 0) is 11.6 Å². The first-order chi connectivity index (χ1) is 8.68. The summed E-state index contributed by atoms with van der Waals surface area (Å²) in [6.07, 6.45) is -4.38. The maximum Gasteiger partial charge on any atom is 0.434 e. The largest absolute Gasteiger partial charge is 0.434 e. The van der Waals surface area contributed by atoms with E-state index in [1.165, 1.54) is 0 Å². The lowest BCUT2D eigenvalue weighted by Crippen LogP contribution is -2.10. The fourth-order valence-corrected chi connectivity index (χ4v) is 2.48. The summed E-state index contributed by atoms with van der Waals surface area (Å²) in [7, 11) is 0. The van der Waals surface area contributed by atoms with E-state index in [1.807, 2.05) is 18.2 Å². The molecule has 0 saturated heterocycles. The summed E-state index contributed by atoms with van der Waals surface area (Å²) in [5.41, 5.74) is 0.940. The summed E-state index contributed by atoms with van der Waals surface area (Å²) >= 11 is 1.02. The molecule has 0 fully saturated rings. The van der Waals surface area contributed by atoms with Gasteiger partial charge in [0, 0.05) is 10.9 Å². The van der Waals surface area contributed by atoms with Gasteiger partial charge in [-0.05, 0) is 17.0 Å². The molecule has 1 heterocycles. The zero-order valence-corrected chi connectivity index (χ0v) is 11.7. The van der Waals surface area contributed by atoms with Crippen molar-refractivity contribution in [2.24, 2.45) is 0 Å². The van der Waals surface area contributed by atoms with Gasteiger partial charge in [0.15, 0.2) is 5.69 Å². The van der Waals surface area contributed by atoms with Crippen molar-refractivity contribution in [1.82, 2.24) is 4.98 Å². The molecule has 19 heavy (non-hydrogen) atoms. The van der Waals surface area contributed by atoms with Crippen molar-refractivity contribution in [1.29, 1.82) is 0 Å². The number of nitrogens with zero attached hydrogens (tertiary/aromatic N) is 1. The highest BCUT2D eigenvalue weighted by atomic mass is 32.1. The van der Waals surface area contributed by atoms with E-state index in [0.717, 1.165) is 27.8 Å². The van der Waals surface area contributed by atoms with Crippen LogP contribution in [0.2, 0.25) is 0 Å². The molecule has 0 aliphatic heterocycles. The van der Waals surface area contributed by atoms with E-state index >= 15 is 0 Å². The minimum atomic E-state index is -4.38. The van der Waals surface area contributed by atoms with Crippen LogP contribution in [0.25, 0.3) is 10.6 Å². The van der Waals surface area contributed by atoms with Gasteiger partial charge in [0.25, 0.3) is 0 Å². The van der Waals surface area contributed by atoms with Gasteiger partial charge in [-0.2, -0.15) is 13.2 Å². The predicted molar refractivity (Wildman–Crippen MR) is 71.3 cm³/mol. The van der Waals surface area contributed by atoms with Crippen LogP contribution in [0, 0.1) is 0 Å². The Labute approximate surface area is 114 Å². The highest BCUT2D eigenvalue weighted by Crippen LogP contribution is 2.34. The summed E-state index contributed by atoms with van der Waals surface area (Å²) < 4.78 is 37.6. The van der Waals surface area contributed by atoms with E-state index in [1.54, 1.807) is 6.07 Å². The molecule has 0 amide bonds. The van der Waals surface area contributed by atoms with Crippen LogP contribution in [-0.4, -0.2) is 4.98 Å². The van der Waals surface area contributed by atoms with Crippen LogP contribution in [0.1, 0.15) is 32.0 Å². The first-order valence-electron chi connectivity index (χ1n) is 5.81. The Bertz CT molecular complexity index is 579. The monoisotopic (exact) mass is 285 g/mol. The second kappa shape index (κ2) is 4.63. The Morgan fingerprint density at radius 1 is 1.11 bits per heavy atom. The van der Waals surface area contributed by atoms with Crippen LogP contribution < -0.4 is 0 Å². The molecule has 2 aromatic rings. The second-order valence-electron chi connectivity index (χ2n) is 5.37. The number of hydrogen-bond acceptors (Lipinski definition) is 2. The van der Waals surface area contributed by atoms with E-state index in [9.17, 15) is 13.2 Å². The molecular weight excluding hydrogens is 271 g/mol. The summed E-state index contributed by atoms with van der Waals surface area (Å²) in [6, 6.07) is 7.51.